The number of nitrogens with zero attached hydrogens (tertiary/aromatic N) is 3. The maximum absolute atomic E-state index is 10.7. The Bertz CT molecular complexity index is 440. The predicted molar refractivity (Wildman–Crippen MR) is 74.6 cm³/mol. The third kappa shape index (κ3) is 2.41. The largest absolute Gasteiger partial charge is 0.392 e. The molecule has 1 heterocycles. The smallest absolute Gasteiger partial charge is 0.138 e. The molecular weight excluding hydrogens is 240 g/mol. The van der Waals surface area contributed by atoms with Crippen LogP contribution in [0.5, 0.6) is 0 Å². The Balaban J connectivity index is 2.27. The number of hydrogen-bond donors (Lipinski definition) is 2. The second-order valence-corrected chi connectivity index (χ2v) is 6.85. The molecule has 2 rings (SSSR count). The first-order chi connectivity index (χ1) is 8.82. The van der Waals surface area contributed by atoms with E-state index in [2.05, 4.69) is 37.8 Å². The van der Waals surface area contributed by atoms with Gasteiger partial charge in [0, 0.05) is 24.4 Å². The number of nitrogens with two attached hydrogens (primary N) is 1. The van der Waals surface area contributed by atoms with Crippen molar-refractivity contribution in [3.8, 4) is 0 Å². The van der Waals surface area contributed by atoms with E-state index in [4.69, 9.17) is 5.73 Å². The summed E-state index contributed by atoms with van der Waals surface area (Å²) < 4.78 is 1.93. The van der Waals surface area contributed by atoms with Crippen LogP contribution in [0.1, 0.15) is 52.4 Å². The van der Waals surface area contributed by atoms with Crippen molar-refractivity contribution in [2.75, 3.05) is 6.54 Å². The Morgan fingerprint density at radius 1 is 1.47 bits per heavy atom. The van der Waals surface area contributed by atoms with Gasteiger partial charge in [-0.15, -0.1) is 0 Å². The van der Waals surface area contributed by atoms with E-state index in [0.717, 1.165) is 18.7 Å². The lowest BCUT2D eigenvalue weighted by Crippen LogP contribution is -2.44. The van der Waals surface area contributed by atoms with Gasteiger partial charge in [-0.1, -0.05) is 13.8 Å². The van der Waals surface area contributed by atoms with E-state index in [0.29, 0.717) is 13.0 Å². The van der Waals surface area contributed by atoms with Gasteiger partial charge in [-0.3, -0.25) is 0 Å². The van der Waals surface area contributed by atoms with Gasteiger partial charge in [0.25, 0.3) is 0 Å². The fourth-order valence-corrected chi connectivity index (χ4v) is 3.29. The number of aliphatic hydroxyl groups is 1. The van der Waals surface area contributed by atoms with Crippen LogP contribution in [0.15, 0.2) is 6.33 Å². The highest BCUT2D eigenvalue weighted by atomic mass is 16.3. The van der Waals surface area contributed by atoms with Crippen molar-refractivity contribution in [1.82, 2.24) is 14.8 Å². The summed E-state index contributed by atoms with van der Waals surface area (Å²) in [7, 11) is 0. The quantitative estimate of drug-likeness (QED) is 0.866. The Kier molecular flexibility index (Phi) is 3.71. The van der Waals surface area contributed by atoms with Gasteiger partial charge in [0.05, 0.1) is 6.10 Å². The molecule has 0 radical (unpaired) electrons. The van der Waals surface area contributed by atoms with Crippen LogP contribution in [0.2, 0.25) is 0 Å². The molecule has 19 heavy (non-hydrogen) atoms. The molecule has 1 fully saturated rings. The average molecular weight is 266 g/mol. The zero-order valence-corrected chi connectivity index (χ0v) is 12.4. The SMILES string of the molecule is CC(C)n1ncnc1CC1(CN)CCC(C)(C)C1O. The lowest BCUT2D eigenvalue weighted by molar-refractivity contribution is -0.00613. The lowest BCUT2D eigenvalue weighted by atomic mass is 9.75. The third-order valence-electron chi connectivity index (χ3n) is 4.64. The second kappa shape index (κ2) is 4.87. The number of hydrogen-bond acceptors (Lipinski definition) is 4. The van der Waals surface area contributed by atoms with Crippen LogP contribution >= 0.6 is 0 Å². The zero-order chi connectivity index (χ0) is 14.3. The predicted octanol–water partition coefficient (Wildman–Crippen LogP) is 1.53. The van der Waals surface area contributed by atoms with Crippen molar-refractivity contribution >= 4 is 0 Å². The van der Waals surface area contributed by atoms with Gasteiger partial charge in [0.2, 0.25) is 0 Å². The number of aromatic nitrogens is 3. The molecule has 5 nitrogen and oxygen atoms in total. The molecule has 5 heteroatoms. The molecule has 1 aromatic heterocycles. The topological polar surface area (TPSA) is 77.0 Å². The minimum Gasteiger partial charge on any atom is -0.392 e. The molecule has 0 aliphatic heterocycles. The molecule has 1 saturated carbocycles. The van der Waals surface area contributed by atoms with Crippen LogP contribution in [0.4, 0.5) is 0 Å². The van der Waals surface area contributed by atoms with E-state index in [9.17, 15) is 5.11 Å². The van der Waals surface area contributed by atoms with Crippen LogP contribution in [-0.4, -0.2) is 32.5 Å². The summed E-state index contributed by atoms with van der Waals surface area (Å²) >= 11 is 0. The van der Waals surface area contributed by atoms with Crippen LogP contribution in [0, 0.1) is 10.8 Å². The van der Waals surface area contributed by atoms with Crippen molar-refractivity contribution in [3.63, 3.8) is 0 Å². The fourth-order valence-electron chi connectivity index (χ4n) is 3.29. The van der Waals surface area contributed by atoms with Crippen LogP contribution < -0.4 is 5.73 Å². The Hall–Kier alpha value is -0.940. The van der Waals surface area contributed by atoms with E-state index in [-0.39, 0.29) is 23.0 Å². The highest BCUT2D eigenvalue weighted by molar-refractivity contribution is 5.07. The van der Waals surface area contributed by atoms with E-state index >= 15 is 0 Å². The molecule has 3 N–H and O–H groups in total. The molecule has 0 bridgehead atoms. The summed E-state index contributed by atoms with van der Waals surface area (Å²) in [4.78, 5) is 4.36. The molecule has 1 aliphatic rings. The van der Waals surface area contributed by atoms with Crippen LogP contribution in [-0.2, 0) is 6.42 Å². The molecular formula is C14H26N4O. The highest BCUT2D eigenvalue weighted by Crippen LogP contribution is 2.50. The summed E-state index contributed by atoms with van der Waals surface area (Å²) in [5.74, 6) is 0.928. The molecule has 108 valence electrons. The maximum atomic E-state index is 10.7. The van der Waals surface area contributed by atoms with Gasteiger partial charge < -0.3 is 10.8 Å². The van der Waals surface area contributed by atoms with E-state index in [1.165, 1.54) is 0 Å². The first-order valence-electron chi connectivity index (χ1n) is 7.09. The van der Waals surface area contributed by atoms with Gasteiger partial charge in [-0.2, -0.15) is 5.10 Å². The summed E-state index contributed by atoms with van der Waals surface area (Å²) in [6, 6.07) is 0.277. The normalized spacial score (nSPS) is 30.2. The Morgan fingerprint density at radius 3 is 2.63 bits per heavy atom. The standard InChI is InChI=1S/C14H26N4O/c1-10(2)18-11(16-9-17-18)7-14(8-15)6-5-13(3,4)12(14)19/h9-10,12,19H,5-8,15H2,1-4H3. The van der Waals surface area contributed by atoms with Crippen molar-refractivity contribution in [3.05, 3.63) is 12.2 Å². The van der Waals surface area contributed by atoms with Crippen molar-refractivity contribution in [2.45, 2.75) is 59.1 Å². The summed E-state index contributed by atoms with van der Waals surface area (Å²) in [6.45, 7) is 8.89. The van der Waals surface area contributed by atoms with Gasteiger partial charge >= 0.3 is 0 Å². The van der Waals surface area contributed by atoms with Crippen LogP contribution in [0.25, 0.3) is 0 Å². The molecule has 0 spiro atoms. The first-order valence-corrected chi connectivity index (χ1v) is 7.09. The number of rotatable bonds is 4. The average Bonchev–Trinajstić information content (AvgIpc) is 2.89. The molecule has 2 unspecified atom stereocenters. The van der Waals surface area contributed by atoms with Gasteiger partial charge in [-0.05, 0) is 32.1 Å². The second-order valence-electron chi connectivity index (χ2n) is 6.85. The molecule has 0 saturated heterocycles. The molecule has 2 atom stereocenters. The van der Waals surface area contributed by atoms with Crippen molar-refractivity contribution in [2.24, 2.45) is 16.6 Å². The van der Waals surface area contributed by atoms with Gasteiger partial charge in [0.1, 0.15) is 12.2 Å². The zero-order valence-electron chi connectivity index (χ0n) is 12.4. The number of aliphatic hydroxyl groups excluding tert-OH is 1. The minimum atomic E-state index is -0.387. The molecule has 0 aromatic carbocycles. The first kappa shape index (κ1) is 14.5. The monoisotopic (exact) mass is 266 g/mol. The molecule has 1 aromatic rings. The third-order valence-corrected chi connectivity index (χ3v) is 4.64. The van der Waals surface area contributed by atoms with E-state index in [1.807, 2.05) is 4.68 Å². The van der Waals surface area contributed by atoms with Gasteiger partial charge in [0.15, 0.2) is 0 Å². The highest BCUT2D eigenvalue weighted by Gasteiger charge is 2.51. The molecule has 0 amide bonds. The maximum Gasteiger partial charge on any atom is 0.138 e. The summed E-state index contributed by atoms with van der Waals surface area (Å²) in [6.07, 6.45) is 3.85. The van der Waals surface area contributed by atoms with Crippen molar-refractivity contribution in [1.29, 1.82) is 0 Å². The Morgan fingerprint density at radius 2 is 2.16 bits per heavy atom. The summed E-state index contributed by atoms with van der Waals surface area (Å²) in [5.41, 5.74) is 5.68. The van der Waals surface area contributed by atoms with E-state index in [1.54, 1.807) is 6.33 Å². The lowest BCUT2D eigenvalue weighted by Gasteiger charge is -2.35. The van der Waals surface area contributed by atoms with Gasteiger partial charge in [-0.25, -0.2) is 9.67 Å². The summed E-state index contributed by atoms with van der Waals surface area (Å²) in [5, 5.41) is 14.9. The Labute approximate surface area is 115 Å². The minimum absolute atomic E-state index is 0.0674. The van der Waals surface area contributed by atoms with E-state index < -0.39 is 0 Å². The van der Waals surface area contributed by atoms with Crippen LogP contribution in [0.3, 0.4) is 0 Å². The molecule has 1 aliphatic carbocycles. The fraction of sp³-hybridized carbons (Fsp3) is 0.857. The van der Waals surface area contributed by atoms with Crippen molar-refractivity contribution < 1.29 is 5.11 Å².